The van der Waals surface area contributed by atoms with Gasteiger partial charge < -0.3 is 15.1 Å². The Balaban J connectivity index is 1.62. The van der Waals surface area contributed by atoms with E-state index in [2.05, 4.69) is 10.6 Å². The highest BCUT2D eigenvalue weighted by Crippen LogP contribution is 2.17. The number of carbonyl (C=O) groups is 2. The Morgan fingerprint density at radius 3 is 2.32 bits per heavy atom. The zero-order valence-electron chi connectivity index (χ0n) is 13.8. The third kappa shape index (κ3) is 4.57. The van der Waals surface area contributed by atoms with Crippen LogP contribution in [-0.2, 0) is 11.2 Å². The van der Waals surface area contributed by atoms with Crippen molar-refractivity contribution in [2.24, 2.45) is 0 Å². The first kappa shape index (κ1) is 16.5. The van der Waals surface area contributed by atoms with Crippen molar-refractivity contribution in [2.45, 2.75) is 13.3 Å². The molecular formula is C20H18N2O3. The predicted molar refractivity (Wildman–Crippen MR) is 96.6 cm³/mol. The van der Waals surface area contributed by atoms with Crippen molar-refractivity contribution in [3.8, 4) is 0 Å². The summed E-state index contributed by atoms with van der Waals surface area (Å²) in [4.78, 5) is 24.2. The summed E-state index contributed by atoms with van der Waals surface area (Å²) in [5, 5.41) is 5.57. The zero-order valence-corrected chi connectivity index (χ0v) is 13.8. The van der Waals surface area contributed by atoms with Crippen LogP contribution in [0.3, 0.4) is 0 Å². The molecule has 5 nitrogen and oxygen atoms in total. The number of anilines is 2. The van der Waals surface area contributed by atoms with E-state index in [9.17, 15) is 9.59 Å². The van der Waals surface area contributed by atoms with Gasteiger partial charge in [0.15, 0.2) is 5.76 Å². The van der Waals surface area contributed by atoms with Crippen LogP contribution in [0, 0.1) is 6.92 Å². The molecule has 0 fully saturated rings. The van der Waals surface area contributed by atoms with E-state index < -0.39 is 0 Å². The molecule has 1 aromatic heterocycles. The van der Waals surface area contributed by atoms with Crippen molar-refractivity contribution in [1.82, 2.24) is 0 Å². The van der Waals surface area contributed by atoms with Crippen LogP contribution in [0.4, 0.5) is 11.4 Å². The molecule has 3 aromatic rings. The normalized spacial score (nSPS) is 10.3. The van der Waals surface area contributed by atoms with Gasteiger partial charge in [-0.1, -0.05) is 35.9 Å². The molecule has 0 atom stereocenters. The van der Waals surface area contributed by atoms with Crippen LogP contribution < -0.4 is 10.6 Å². The Morgan fingerprint density at radius 1 is 0.920 bits per heavy atom. The smallest absolute Gasteiger partial charge is 0.291 e. The molecule has 25 heavy (non-hydrogen) atoms. The molecule has 2 amide bonds. The van der Waals surface area contributed by atoms with Gasteiger partial charge in [-0.05, 0) is 42.8 Å². The third-order valence-corrected chi connectivity index (χ3v) is 3.63. The fraction of sp³-hybridized carbons (Fsp3) is 0.100. The molecule has 0 aliphatic rings. The van der Waals surface area contributed by atoms with E-state index in [0.717, 1.165) is 11.1 Å². The van der Waals surface area contributed by atoms with Crippen LogP contribution in [0.25, 0.3) is 0 Å². The third-order valence-electron chi connectivity index (χ3n) is 3.63. The highest BCUT2D eigenvalue weighted by molar-refractivity contribution is 6.02. The van der Waals surface area contributed by atoms with Crippen LogP contribution in [-0.4, -0.2) is 11.8 Å². The summed E-state index contributed by atoms with van der Waals surface area (Å²) in [5.41, 5.74) is 3.30. The lowest BCUT2D eigenvalue weighted by Crippen LogP contribution is -2.15. The summed E-state index contributed by atoms with van der Waals surface area (Å²) in [7, 11) is 0. The van der Waals surface area contributed by atoms with Gasteiger partial charge in [0.05, 0.1) is 12.7 Å². The molecule has 0 aliphatic carbocycles. The lowest BCUT2D eigenvalue weighted by molar-refractivity contribution is -0.115. The number of amides is 2. The van der Waals surface area contributed by atoms with E-state index in [1.54, 1.807) is 36.4 Å². The number of rotatable bonds is 5. The Kier molecular flexibility index (Phi) is 4.95. The summed E-state index contributed by atoms with van der Waals surface area (Å²) in [5.74, 6) is -0.222. The number of nitrogens with one attached hydrogen (secondary N) is 2. The second kappa shape index (κ2) is 7.49. The van der Waals surface area contributed by atoms with Crippen molar-refractivity contribution in [2.75, 3.05) is 10.6 Å². The van der Waals surface area contributed by atoms with E-state index >= 15 is 0 Å². The minimum Gasteiger partial charge on any atom is -0.459 e. The zero-order chi connectivity index (χ0) is 17.6. The Hall–Kier alpha value is -3.34. The van der Waals surface area contributed by atoms with Crippen LogP contribution >= 0.6 is 0 Å². The summed E-state index contributed by atoms with van der Waals surface area (Å²) >= 11 is 0. The quantitative estimate of drug-likeness (QED) is 0.740. The van der Waals surface area contributed by atoms with Gasteiger partial charge in [0, 0.05) is 11.4 Å². The van der Waals surface area contributed by atoms with Crippen molar-refractivity contribution in [3.63, 3.8) is 0 Å². The number of furan rings is 1. The molecule has 2 aromatic carbocycles. The van der Waals surface area contributed by atoms with Gasteiger partial charge in [-0.3, -0.25) is 9.59 Å². The Morgan fingerprint density at radius 2 is 1.64 bits per heavy atom. The summed E-state index contributed by atoms with van der Waals surface area (Å²) in [6.07, 6.45) is 1.74. The van der Waals surface area contributed by atoms with E-state index in [1.807, 2.05) is 31.2 Å². The van der Waals surface area contributed by atoms with Gasteiger partial charge in [-0.15, -0.1) is 0 Å². The molecule has 0 spiro atoms. The van der Waals surface area contributed by atoms with Gasteiger partial charge in [-0.25, -0.2) is 0 Å². The summed E-state index contributed by atoms with van der Waals surface area (Å²) in [6.45, 7) is 2.01. The molecule has 0 unspecified atom stereocenters. The maximum Gasteiger partial charge on any atom is 0.291 e. The summed E-state index contributed by atoms with van der Waals surface area (Å²) < 4.78 is 5.06. The number of aryl methyl sites for hydroxylation is 1. The molecule has 2 N–H and O–H groups in total. The number of hydrogen-bond donors (Lipinski definition) is 2. The molecule has 3 rings (SSSR count). The molecular weight excluding hydrogens is 316 g/mol. The standard InChI is InChI=1S/C20H18N2O3/c1-14-7-9-15(10-8-14)12-19(23)21-16-4-2-5-17(13-16)22-20(24)18-6-3-11-25-18/h2-11,13H,12H2,1H3,(H,21,23)(H,22,24). The highest BCUT2D eigenvalue weighted by Gasteiger charge is 2.09. The maximum absolute atomic E-state index is 12.2. The van der Waals surface area contributed by atoms with Crippen LogP contribution in [0.2, 0.25) is 0 Å². The van der Waals surface area contributed by atoms with Gasteiger partial charge in [0.2, 0.25) is 5.91 Å². The van der Waals surface area contributed by atoms with E-state index in [1.165, 1.54) is 6.26 Å². The highest BCUT2D eigenvalue weighted by atomic mass is 16.3. The fourth-order valence-corrected chi connectivity index (χ4v) is 2.37. The lowest BCUT2D eigenvalue weighted by Gasteiger charge is -2.08. The molecule has 0 saturated heterocycles. The largest absolute Gasteiger partial charge is 0.459 e. The lowest BCUT2D eigenvalue weighted by atomic mass is 10.1. The minimum atomic E-state index is -0.340. The van der Waals surface area contributed by atoms with Gasteiger partial charge >= 0.3 is 0 Å². The molecule has 1 heterocycles. The van der Waals surface area contributed by atoms with E-state index in [0.29, 0.717) is 17.8 Å². The number of carbonyl (C=O) groups excluding carboxylic acids is 2. The fourth-order valence-electron chi connectivity index (χ4n) is 2.37. The van der Waals surface area contributed by atoms with Crippen molar-refractivity contribution >= 4 is 23.2 Å². The van der Waals surface area contributed by atoms with Gasteiger partial charge in [-0.2, -0.15) is 0 Å². The second-order valence-corrected chi connectivity index (χ2v) is 5.72. The first-order valence-electron chi connectivity index (χ1n) is 7.90. The van der Waals surface area contributed by atoms with Crippen LogP contribution in [0.15, 0.2) is 71.3 Å². The van der Waals surface area contributed by atoms with Crippen molar-refractivity contribution in [1.29, 1.82) is 0 Å². The maximum atomic E-state index is 12.2. The van der Waals surface area contributed by atoms with Crippen LogP contribution in [0.5, 0.6) is 0 Å². The Bertz CT molecular complexity index is 868. The first-order valence-corrected chi connectivity index (χ1v) is 7.90. The predicted octanol–water partition coefficient (Wildman–Crippen LogP) is 4.02. The molecule has 0 bridgehead atoms. The molecule has 5 heteroatoms. The number of benzene rings is 2. The second-order valence-electron chi connectivity index (χ2n) is 5.72. The van der Waals surface area contributed by atoms with E-state index in [-0.39, 0.29) is 17.6 Å². The summed E-state index contributed by atoms with van der Waals surface area (Å²) in [6, 6.07) is 18.1. The topological polar surface area (TPSA) is 71.3 Å². The number of hydrogen-bond acceptors (Lipinski definition) is 3. The molecule has 0 radical (unpaired) electrons. The SMILES string of the molecule is Cc1ccc(CC(=O)Nc2cccc(NC(=O)c3ccco3)c2)cc1. The molecule has 0 saturated carbocycles. The molecule has 126 valence electrons. The van der Waals surface area contributed by atoms with Gasteiger partial charge in [0.1, 0.15) is 0 Å². The monoisotopic (exact) mass is 334 g/mol. The average molecular weight is 334 g/mol. The van der Waals surface area contributed by atoms with Crippen molar-refractivity contribution < 1.29 is 14.0 Å². The van der Waals surface area contributed by atoms with Gasteiger partial charge in [0.25, 0.3) is 5.91 Å². The first-order chi connectivity index (χ1) is 12.1. The minimum absolute atomic E-state index is 0.113. The Labute approximate surface area is 145 Å². The average Bonchev–Trinajstić information content (AvgIpc) is 3.12. The van der Waals surface area contributed by atoms with Crippen molar-refractivity contribution in [3.05, 3.63) is 83.8 Å². The van der Waals surface area contributed by atoms with E-state index in [4.69, 9.17) is 4.42 Å². The molecule has 0 aliphatic heterocycles. The van der Waals surface area contributed by atoms with Crippen LogP contribution in [0.1, 0.15) is 21.7 Å².